The summed E-state index contributed by atoms with van der Waals surface area (Å²) in [5, 5.41) is 34.7. The van der Waals surface area contributed by atoms with E-state index >= 15 is 0 Å². The van der Waals surface area contributed by atoms with E-state index in [1.807, 2.05) is 13.8 Å². The van der Waals surface area contributed by atoms with Gasteiger partial charge < -0.3 is 27.2 Å². The third-order valence-corrected chi connectivity index (χ3v) is 10.6. The molecule has 0 aromatic heterocycles. The van der Waals surface area contributed by atoms with E-state index in [1.165, 1.54) is 26.0 Å². The Labute approximate surface area is 354 Å². The van der Waals surface area contributed by atoms with Gasteiger partial charge in [-0.1, -0.05) is 26.0 Å². The Morgan fingerprint density at radius 2 is 1.23 bits per heavy atom. The molecule has 0 radical (unpaired) electrons. The monoisotopic (exact) mass is 904 g/mol. The predicted molar refractivity (Wildman–Crippen MR) is 222 cm³/mol. The molecule has 14 N–H and O–H groups in total. The first-order valence-corrected chi connectivity index (χ1v) is 20.8. The van der Waals surface area contributed by atoms with Gasteiger partial charge in [0.1, 0.15) is 17.8 Å². The van der Waals surface area contributed by atoms with Crippen LogP contribution < -0.4 is 53.6 Å². The third-order valence-electron chi connectivity index (χ3n) is 8.52. The number of hydrogen-bond donors (Lipinski definition) is 11. The van der Waals surface area contributed by atoms with Gasteiger partial charge in [-0.3, -0.25) is 19.4 Å². The van der Waals surface area contributed by atoms with Crippen LogP contribution in [0.4, 0.5) is 0 Å². The Morgan fingerprint density at radius 1 is 0.683 bits per heavy atom. The number of carbonyl (C=O) groups excluding carboxylic acids is 8. The number of hydrogen-bond acceptors (Lipinski definition) is 11. The number of benzene rings is 2. The molecule has 20 nitrogen and oxygen atoms in total. The van der Waals surface area contributed by atoms with Crippen LogP contribution in [0.15, 0.2) is 59.6 Å². The molecule has 0 heterocycles. The van der Waals surface area contributed by atoms with Crippen LogP contribution in [-0.2, 0) is 44.8 Å². The zero-order valence-corrected chi connectivity index (χ0v) is 35.6. The number of primary amides is 1. The summed E-state index contributed by atoms with van der Waals surface area (Å²) in [5.41, 5.74) is 16.8. The summed E-state index contributed by atoms with van der Waals surface area (Å²) in [4.78, 5) is 108. The van der Waals surface area contributed by atoms with E-state index in [0.29, 0.717) is 10.0 Å². The molecule has 60 heavy (non-hydrogen) atoms. The number of aliphatic imine (C=N–C) groups is 1. The van der Waals surface area contributed by atoms with Crippen molar-refractivity contribution in [1.29, 1.82) is 0 Å². The fourth-order valence-electron chi connectivity index (χ4n) is 5.56. The van der Waals surface area contributed by atoms with Gasteiger partial charge in [-0.05, 0) is 36.5 Å². The standard InChI is InChI=1S/C39H56N10O10Se/c1-21(2)17-28(45-23(4)51)35(56)48-29(18-24-12-14-25(52)15-13-24)36(57)46-27(11-8-16-43-39(41)42)34(55)44-22(3)33(54)47-30(19-32(40)53)37(58)49-31(20-50)38(59)60-26-9-6-5-7-10-26/h5-7,9-10,12-15,21-22,27-31,50,52H,8,11,16-20H2,1-4H3,(H2,40,53)(H,44,55)(H,45,51)(H,46,57)(H,47,54)(H,48,56)(H,49,58)(H4,41,42,43)/t22-,27-,28-,29-,30-,31-/m0/s1. The number of nitrogens with one attached hydrogen (secondary N) is 6. The average molecular weight is 904 g/mol. The van der Waals surface area contributed by atoms with Crippen molar-refractivity contribution < 1.29 is 48.6 Å². The van der Waals surface area contributed by atoms with Crippen LogP contribution >= 0.6 is 0 Å². The predicted octanol–water partition coefficient (Wildman–Crippen LogP) is -3.59. The van der Waals surface area contributed by atoms with E-state index in [0.717, 1.165) is 0 Å². The summed E-state index contributed by atoms with van der Waals surface area (Å²) in [6.07, 6.45) is -0.412. The number of carbonyl (C=O) groups is 8. The Kier molecular flexibility index (Phi) is 21.2. The van der Waals surface area contributed by atoms with Crippen molar-refractivity contribution in [3.05, 3.63) is 60.2 Å². The maximum atomic E-state index is 14.0. The van der Waals surface area contributed by atoms with Gasteiger partial charge in [0, 0.05) is 19.9 Å². The van der Waals surface area contributed by atoms with E-state index in [2.05, 4.69) is 36.9 Å². The summed E-state index contributed by atoms with van der Waals surface area (Å²) < 4.78 is 0.213. The molecular formula is C39H56N10O10Se. The fraction of sp³-hybridized carbons (Fsp3) is 0.462. The second-order valence-electron chi connectivity index (χ2n) is 14.3. The van der Waals surface area contributed by atoms with Gasteiger partial charge >= 0.3 is 185 Å². The number of nitrogens with two attached hydrogens (primary N) is 3. The van der Waals surface area contributed by atoms with E-state index < -0.39 is 110 Å². The molecular weight excluding hydrogens is 847 g/mol. The number of guanidine groups is 1. The molecule has 2 aromatic carbocycles. The first kappa shape index (κ1) is 50.1. The normalized spacial score (nSPS) is 13.8. The molecule has 7 amide bonds. The maximum absolute atomic E-state index is 14.0. The second kappa shape index (κ2) is 25.4. The fourth-order valence-corrected chi connectivity index (χ4v) is 7.24. The minimum atomic E-state index is -1.60. The Bertz CT molecular complexity index is 1830. The van der Waals surface area contributed by atoms with Crippen LogP contribution in [-0.4, -0.2) is 127 Å². The molecule has 6 atom stereocenters. The number of aliphatic hydroxyl groups is 1. The number of rotatable bonds is 25. The first-order chi connectivity index (χ1) is 28.3. The summed E-state index contributed by atoms with van der Waals surface area (Å²) in [6.45, 7) is 5.54. The molecule has 0 fully saturated rings. The average Bonchev–Trinajstić information content (AvgIpc) is 3.17. The van der Waals surface area contributed by atoms with E-state index in [4.69, 9.17) is 17.2 Å². The molecule has 0 saturated heterocycles. The molecule has 0 aliphatic carbocycles. The van der Waals surface area contributed by atoms with Crippen LogP contribution in [0.2, 0.25) is 0 Å². The number of amides is 7. The zero-order valence-electron chi connectivity index (χ0n) is 33.9. The molecule has 2 aromatic rings. The van der Waals surface area contributed by atoms with Crippen LogP contribution in [0.5, 0.6) is 5.75 Å². The van der Waals surface area contributed by atoms with Gasteiger partial charge in [0.15, 0.2) is 5.96 Å². The second-order valence-corrected chi connectivity index (χ2v) is 16.5. The summed E-state index contributed by atoms with van der Waals surface area (Å²) in [5.74, 6) is -5.94. The van der Waals surface area contributed by atoms with Crippen molar-refractivity contribution in [1.82, 2.24) is 31.9 Å². The molecule has 0 saturated carbocycles. The number of phenols is 1. The molecule has 2 rings (SSSR count). The first-order valence-electron chi connectivity index (χ1n) is 19.1. The van der Waals surface area contributed by atoms with Gasteiger partial charge in [-0.25, -0.2) is 0 Å². The van der Waals surface area contributed by atoms with Crippen LogP contribution in [0, 0.1) is 5.92 Å². The summed E-state index contributed by atoms with van der Waals surface area (Å²) in [7, 11) is 0. The Balaban J connectivity index is 2.30. The molecule has 0 aliphatic heterocycles. The molecule has 0 unspecified atom stereocenters. The number of nitrogens with zero attached hydrogens (tertiary/aromatic N) is 1. The van der Waals surface area contributed by atoms with E-state index in [9.17, 15) is 48.6 Å². The molecule has 21 heteroatoms. The van der Waals surface area contributed by atoms with Crippen molar-refractivity contribution in [3.63, 3.8) is 0 Å². The molecule has 0 aliphatic rings. The number of phenolic OH excluding ortho intramolecular Hbond substituents is 1. The van der Waals surface area contributed by atoms with Crippen molar-refractivity contribution in [2.24, 2.45) is 28.1 Å². The SMILES string of the molecule is CC(=O)N[C@@H](CC(C)C)C(=O)N[C@@H](Cc1ccc(O)cc1)C(=O)N[C@@H](CCCN=C(N)N)C(=O)N[C@@H](C)C(=O)N[C@@H](CC(N)=O)C(=O)N[C@@H](CO)C(=O)[Se]c1ccccc1. The van der Waals surface area contributed by atoms with Crippen molar-refractivity contribution in [2.45, 2.75) is 96.1 Å². The molecule has 328 valence electrons. The zero-order chi connectivity index (χ0) is 44.9. The van der Waals surface area contributed by atoms with Crippen molar-refractivity contribution in [2.75, 3.05) is 13.2 Å². The van der Waals surface area contributed by atoms with Gasteiger partial charge in [0.2, 0.25) is 17.7 Å². The van der Waals surface area contributed by atoms with Crippen molar-refractivity contribution in [3.8, 4) is 5.75 Å². The van der Waals surface area contributed by atoms with Gasteiger partial charge in [0.05, 0.1) is 0 Å². The van der Waals surface area contributed by atoms with Crippen molar-refractivity contribution >= 4 is 71.4 Å². The van der Waals surface area contributed by atoms with Crippen LogP contribution in [0.1, 0.15) is 58.9 Å². The van der Waals surface area contributed by atoms with Crippen LogP contribution in [0.25, 0.3) is 0 Å². The minimum absolute atomic E-state index is 0.0119. The molecule has 0 bridgehead atoms. The van der Waals surface area contributed by atoms with Crippen LogP contribution in [0.3, 0.4) is 0 Å². The number of aromatic hydroxyl groups is 1. The quantitative estimate of drug-likeness (QED) is 0.0199. The molecule has 0 spiro atoms. The topological polar surface area (TPSA) is 340 Å². The summed E-state index contributed by atoms with van der Waals surface area (Å²) >= 11 is -0.779. The summed E-state index contributed by atoms with van der Waals surface area (Å²) in [6, 6.07) is 6.59. The Hall–Kier alpha value is -6.05. The van der Waals surface area contributed by atoms with Gasteiger partial charge in [-0.2, -0.15) is 0 Å². The third kappa shape index (κ3) is 18.7. The Morgan fingerprint density at radius 3 is 1.80 bits per heavy atom. The van der Waals surface area contributed by atoms with Gasteiger partial charge in [-0.15, -0.1) is 0 Å². The van der Waals surface area contributed by atoms with Gasteiger partial charge in [0.25, 0.3) is 0 Å². The van der Waals surface area contributed by atoms with E-state index in [-0.39, 0.29) is 49.9 Å². The number of aliphatic hydroxyl groups excluding tert-OH is 1. The van der Waals surface area contributed by atoms with E-state index in [1.54, 1.807) is 42.5 Å².